The molecule has 0 bridgehead atoms. The van der Waals surface area contributed by atoms with Crippen molar-refractivity contribution in [2.45, 2.75) is 19.9 Å². The molecule has 0 unspecified atom stereocenters. The van der Waals surface area contributed by atoms with Gasteiger partial charge in [-0.15, -0.1) is 5.46 Å². The van der Waals surface area contributed by atoms with Gasteiger partial charge in [-0.3, -0.25) is 0 Å². The fourth-order valence-electron chi connectivity index (χ4n) is 1.89. The number of ether oxygens (including phenoxy) is 1. The summed E-state index contributed by atoms with van der Waals surface area (Å²) in [6.45, 7) is -2.11. The minimum atomic E-state index is -4.95. The smallest absolute Gasteiger partial charge is 0.493 e. The number of aryl methyl sites for hydroxylation is 2. The third-order valence-electron chi connectivity index (χ3n) is 2.95. The van der Waals surface area contributed by atoms with Crippen LogP contribution in [0.1, 0.15) is 12.0 Å². The van der Waals surface area contributed by atoms with Gasteiger partial charge in [0.1, 0.15) is 5.75 Å². The number of hydrogen-bond donors (Lipinski definition) is 0. The molecular formula is C13H15BF3KN2O. The second kappa shape index (κ2) is 8.38. The first-order valence-corrected chi connectivity index (χ1v) is 6.36. The molecule has 0 spiro atoms. The fraction of sp³-hybridized carbons (Fsp3) is 0.308. The normalized spacial score (nSPS) is 11.0. The monoisotopic (exact) mass is 322 g/mol. The molecule has 0 aliphatic carbocycles. The number of rotatable bonds is 6. The molecule has 1 aromatic carbocycles. The van der Waals surface area contributed by atoms with Gasteiger partial charge in [-0.05, 0) is 25.0 Å². The van der Waals surface area contributed by atoms with Crippen LogP contribution in [-0.4, -0.2) is 23.1 Å². The summed E-state index contributed by atoms with van der Waals surface area (Å²) in [5, 5.41) is 0. The van der Waals surface area contributed by atoms with Crippen LogP contribution >= 0.6 is 0 Å². The zero-order valence-electron chi connectivity index (χ0n) is 12.1. The SMILES string of the molecule is Cc1cc([B-](F)(F)F)ccc1OCCCn1ccnc1.[K+]. The summed E-state index contributed by atoms with van der Waals surface area (Å²) in [5.74, 6) is 0.499. The Morgan fingerprint density at radius 1 is 1.29 bits per heavy atom. The summed E-state index contributed by atoms with van der Waals surface area (Å²) >= 11 is 0. The molecule has 0 N–H and O–H groups in total. The minimum absolute atomic E-state index is 0. The molecule has 8 heteroatoms. The molecule has 1 heterocycles. The summed E-state index contributed by atoms with van der Waals surface area (Å²) < 4.78 is 45.2. The summed E-state index contributed by atoms with van der Waals surface area (Å²) in [7, 11) is 0. The van der Waals surface area contributed by atoms with Gasteiger partial charge in [-0.2, -0.15) is 0 Å². The van der Waals surface area contributed by atoms with Crippen molar-refractivity contribution in [3.8, 4) is 5.75 Å². The molecule has 0 aliphatic heterocycles. The summed E-state index contributed by atoms with van der Waals surface area (Å²) in [6, 6.07) is 3.58. The Balaban J connectivity index is 0.00000220. The maximum atomic E-state index is 12.6. The van der Waals surface area contributed by atoms with Crippen LogP contribution in [0.3, 0.4) is 0 Å². The van der Waals surface area contributed by atoms with Gasteiger partial charge in [-0.1, -0.05) is 12.1 Å². The molecule has 0 amide bonds. The largest absolute Gasteiger partial charge is 1.00 e. The third kappa shape index (κ3) is 5.78. The Morgan fingerprint density at radius 2 is 2.05 bits per heavy atom. The van der Waals surface area contributed by atoms with E-state index < -0.39 is 12.4 Å². The van der Waals surface area contributed by atoms with E-state index in [-0.39, 0.29) is 51.4 Å². The van der Waals surface area contributed by atoms with Crippen molar-refractivity contribution in [3.63, 3.8) is 0 Å². The number of nitrogens with zero attached hydrogens (tertiary/aromatic N) is 2. The van der Waals surface area contributed by atoms with E-state index in [1.165, 1.54) is 6.07 Å². The number of halogens is 3. The molecule has 0 atom stereocenters. The van der Waals surface area contributed by atoms with Crippen molar-refractivity contribution in [1.29, 1.82) is 0 Å². The van der Waals surface area contributed by atoms with E-state index in [0.717, 1.165) is 25.1 Å². The van der Waals surface area contributed by atoms with Gasteiger partial charge in [0.15, 0.2) is 0 Å². The van der Waals surface area contributed by atoms with Crippen LogP contribution in [0, 0.1) is 6.92 Å². The predicted molar refractivity (Wildman–Crippen MR) is 72.2 cm³/mol. The van der Waals surface area contributed by atoms with E-state index in [0.29, 0.717) is 17.9 Å². The van der Waals surface area contributed by atoms with Crippen molar-refractivity contribution in [1.82, 2.24) is 9.55 Å². The Morgan fingerprint density at radius 3 is 2.62 bits per heavy atom. The van der Waals surface area contributed by atoms with Crippen LogP contribution in [0.5, 0.6) is 5.75 Å². The number of hydrogen-bond acceptors (Lipinski definition) is 2. The second-order valence-corrected chi connectivity index (χ2v) is 4.60. The van der Waals surface area contributed by atoms with Crippen molar-refractivity contribution < 1.29 is 69.1 Å². The summed E-state index contributed by atoms with van der Waals surface area (Å²) in [6.07, 6.45) is 6.03. The molecule has 1 aromatic heterocycles. The average Bonchev–Trinajstić information content (AvgIpc) is 2.88. The van der Waals surface area contributed by atoms with E-state index >= 15 is 0 Å². The van der Waals surface area contributed by atoms with Crippen molar-refractivity contribution in [2.75, 3.05) is 6.61 Å². The Hall–Kier alpha value is -0.279. The van der Waals surface area contributed by atoms with E-state index in [1.54, 1.807) is 19.4 Å². The van der Waals surface area contributed by atoms with Gasteiger partial charge < -0.3 is 22.3 Å². The van der Waals surface area contributed by atoms with Gasteiger partial charge in [-0.25, -0.2) is 4.98 Å². The van der Waals surface area contributed by atoms with Gasteiger partial charge in [0, 0.05) is 18.9 Å². The van der Waals surface area contributed by atoms with Gasteiger partial charge in [0.25, 0.3) is 0 Å². The van der Waals surface area contributed by atoms with Gasteiger partial charge >= 0.3 is 58.4 Å². The fourth-order valence-corrected chi connectivity index (χ4v) is 1.89. The number of imidazole rings is 1. The maximum Gasteiger partial charge on any atom is 1.00 e. The predicted octanol–water partition coefficient (Wildman–Crippen LogP) is -0.281. The van der Waals surface area contributed by atoms with Crippen LogP contribution < -0.4 is 61.6 Å². The first kappa shape index (κ1) is 18.8. The van der Waals surface area contributed by atoms with Crippen LogP contribution in [0.2, 0.25) is 0 Å². The summed E-state index contributed by atoms with van der Waals surface area (Å²) in [4.78, 5) is 3.92. The third-order valence-corrected chi connectivity index (χ3v) is 2.95. The molecule has 0 radical (unpaired) electrons. The molecule has 108 valence electrons. The van der Waals surface area contributed by atoms with Crippen molar-refractivity contribution in [3.05, 3.63) is 42.5 Å². The van der Waals surface area contributed by atoms with Gasteiger partial charge in [0.2, 0.25) is 0 Å². The second-order valence-electron chi connectivity index (χ2n) is 4.60. The zero-order chi connectivity index (χ0) is 14.6. The van der Waals surface area contributed by atoms with Crippen LogP contribution in [-0.2, 0) is 6.54 Å². The molecule has 2 aromatic rings. The Labute approximate surface area is 164 Å². The first-order valence-electron chi connectivity index (χ1n) is 6.36. The number of benzene rings is 1. The van der Waals surface area contributed by atoms with Crippen LogP contribution in [0.4, 0.5) is 12.9 Å². The quantitative estimate of drug-likeness (QED) is 0.540. The summed E-state index contributed by atoms with van der Waals surface area (Å²) in [5.41, 5.74) is -0.0856. The average molecular weight is 322 g/mol. The molecule has 3 nitrogen and oxygen atoms in total. The molecule has 0 aliphatic rings. The Bertz CT molecular complexity index is 561. The molecular weight excluding hydrogens is 307 g/mol. The van der Waals surface area contributed by atoms with Crippen LogP contribution in [0.15, 0.2) is 36.9 Å². The molecule has 21 heavy (non-hydrogen) atoms. The van der Waals surface area contributed by atoms with E-state index in [9.17, 15) is 12.9 Å². The topological polar surface area (TPSA) is 27.1 Å². The molecule has 0 saturated carbocycles. The maximum absolute atomic E-state index is 12.6. The Kier molecular flexibility index (Phi) is 7.49. The molecule has 2 rings (SSSR count). The van der Waals surface area contributed by atoms with E-state index in [2.05, 4.69) is 4.98 Å². The molecule has 0 fully saturated rings. The van der Waals surface area contributed by atoms with Gasteiger partial charge in [0.05, 0.1) is 12.9 Å². The van der Waals surface area contributed by atoms with E-state index in [4.69, 9.17) is 4.74 Å². The minimum Gasteiger partial charge on any atom is -0.493 e. The number of aromatic nitrogens is 2. The standard InChI is InChI=1S/C13H15BF3N2O.K/c1-11-9-12(14(15,16)17)3-4-13(11)20-8-2-6-19-7-5-18-10-19;/h3-5,7,9-10H,2,6,8H2,1H3;/q-1;+1. The van der Waals surface area contributed by atoms with Crippen molar-refractivity contribution in [2.24, 2.45) is 0 Å². The van der Waals surface area contributed by atoms with Crippen molar-refractivity contribution >= 4 is 12.4 Å². The van der Waals surface area contributed by atoms with Crippen LogP contribution in [0.25, 0.3) is 0 Å². The zero-order valence-corrected chi connectivity index (χ0v) is 15.2. The molecule has 0 saturated heterocycles. The van der Waals surface area contributed by atoms with E-state index in [1.807, 2.05) is 10.8 Å². The first-order chi connectivity index (χ1) is 9.47.